The molecule has 98 valence electrons. The lowest BCUT2D eigenvalue weighted by Gasteiger charge is -2.14. The van der Waals surface area contributed by atoms with Gasteiger partial charge < -0.3 is 5.32 Å². The van der Waals surface area contributed by atoms with E-state index in [2.05, 4.69) is 10.3 Å². The van der Waals surface area contributed by atoms with E-state index >= 15 is 0 Å². The summed E-state index contributed by atoms with van der Waals surface area (Å²) < 4.78 is 13.4. The van der Waals surface area contributed by atoms with Gasteiger partial charge in [0.1, 0.15) is 0 Å². The third-order valence-electron chi connectivity index (χ3n) is 2.72. The van der Waals surface area contributed by atoms with Crippen LogP contribution >= 0.6 is 11.6 Å². The number of pyridine rings is 1. The number of hydrogen-bond acceptors (Lipinski definition) is 2. The summed E-state index contributed by atoms with van der Waals surface area (Å²) >= 11 is 5.79. The average molecular weight is 279 g/mol. The molecule has 1 aromatic heterocycles. The fraction of sp³-hybridized carbons (Fsp3) is 0.143. The minimum absolute atomic E-state index is 0.0664. The van der Waals surface area contributed by atoms with E-state index in [4.69, 9.17) is 11.6 Å². The number of carbonyl (C=O) groups is 1. The van der Waals surface area contributed by atoms with Crippen molar-refractivity contribution in [3.63, 3.8) is 0 Å². The number of benzene rings is 1. The van der Waals surface area contributed by atoms with E-state index < -0.39 is 11.9 Å². The van der Waals surface area contributed by atoms with Crippen LogP contribution in [0, 0.1) is 5.95 Å². The lowest BCUT2D eigenvalue weighted by atomic mass is 10.1. The Balaban J connectivity index is 2.11. The van der Waals surface area contributed by atoms with Crippen molar-refractivity contribution >= 4 is 17.5 Å². The van der Waals surface area contributed by atoms with Gasteiger partial charge >= 0.3 is 0 Å². The van der Waals surface area contributed by atoms with E-state index in [-0.39, 0.29) is 11.6 Å². The number of hydrogen-bond donors (Lipinski definition) is 1. The predicted octanol–water partition coefficient (Wildman–Crippen LogP) is 3.37. The second-order valence-electron chi connectivity index (χ2n) is 4.09. The minimum Gasteiger partial charge on any atom is -0.345 e. The first kappa shape index (κ1) is 13.5. The van der Waals surface area contributed by atoms with Crippen LogP contribution in [0.1, 0.15) is 28.9 Å². The summed E-state index contributed by atoms with van der Waals surface area (Å²) in [5, 5.41) is 3.34. The summed E-state index contributed by atoms with van der Waals surface area (Å²) in [4.78, 5) is 15.3. The van der Waals surface area contributed by atoms with E-state index in [1.54, 1.807) is 12.1 Å². The van der Waals surface area contributed by atoms with Gasteiger partial charge in [-0.2, -0.15) is 4.39 Å². The largest absolute Gasteiger partial charge is 0.345 e. The maximum absolute atomic E-state index is 13.4. The van der Waals surface area contributed by atoms with Crippen molar-refractivity contribution in [1.82, 2.24) is 10.3 Å². The van der Waals surface area contributed by atoms with Crippen molar-refractivity contribution in [2.75, 3.05) is 0 Å². The van der Waals surface area contributed by atoms with E-state index in [0.717, 1.165) is 5.56 Å². The molecule has 0 saturated heterocycles. The highest BCUT2D eigenvalue weighted by Crippen LogP contribution is 2.16. The Morgan fingerprint density at radius 2 is 2.00 bits per heavy atom. The van der Waals surface area contributed by atoms with Crippen molar-refractivity contribution in [2.24, 2.45) is 0 Å². The third kappa shape index (κ3) is 3.29. The molecule has 1 atom stereocenters. The normalized spacial score (nSPS) is 11.9. The van der Waals surface area contributed by atoms with E-state index in [1.165, 1.54) is 18.3 Å². The topological polar surface area (TPSA) is 42.0 Å². The lowest BCUT2D eigenvalue weighted by Crippen LogP contribution is -2.27. The molecule has 0 spiro atoms. The van der Waals surface area contributed by atoms with Crippen LogP contribution in [0.25, 0.3) is 0 Å². The number of carbonyl (C=O) groups excluding carboxylic acids is 1. The molecule has 1 aromatic carbocycles. The van der Waals surface area contributed by atoms with Gasteiger partial charge in [0.15, 0.2) is 0 Å². The lowest BCUT2D eigenvalue weighted by molar-refractivity contribution is 0.0935. The second-order valence-corrected chi connectivity index (χ2v) is 4.52. The maximum atomic E-state index is 13.4. The molecule has 0 aliphatic rings. The van der Waals surface area contributed by atoms with E-state index in [1.807, 2.05) is 19.1 Å². The second kappa shape index (κ2) is 5.80. The Bertz CT molecular complexity index is 586. The molecular formula is C14H12ClFN2O. The monoisotopic (exact) mass is 278 g/mol. The van der Waals surface area contributed by atoms with Gasteiger partial charge in [-0.3, -0.25) is 4.79 Å². The predicted molar refractivity (Wildman–Crippen MR) is 71.5 cm³/mol. The van der Waals surface area contributed by atoms with Crippen LogP contribution in [-0.2, 0) is 0 Å². The van der Waals surface area contributed by atoms with Crippen LogP contribution < -0.4 is 5.32 Å². The van der Waals surface area contributed by atoms with Crippen molar-refractivity contribution in [2.45, 2.75) is 13.0 Å². The number of amides is 1. The zero-order valence-electron chi connectivity index (χ0n) is 10.2. The first-order valence-electron chi connectivity index (χ1n) is 5.75. The molecule has 5 heteroatoms. The van der Waals surface area contributed by atoms with E-state index in [0.29, 0.717) is 5.02 Å². The van der Waals surface area contributed by atoms with Crippen molar-refractivity contribution in [3.8, 4) is 0 Å². The molecule has 1 heterocycles. The Labute approximate surface area is 115 Å². The summed E-state index contributed by atoms with van der Waals surface area (Å²) in [5.74, 6) is -1.27. The van der Waals surface area contributed by atoms with E-state index in [9.17, 15) is 9.18 Å². The van der Waals surface area contributed by atoms with Crippen LogP contribution in [0.2, 0.25) is 5.02 Å². The molecule has 0 aliphatic heterocycles. The molecule has 0 aliphatic carbocycles. The highest BCUT2D eigenvalue weighted by atomic mass is 35.5. The van der Waals surface area contributed by atoms with Crippen molar-refractivity contribution in [1.29, 1.82) is 0 Å². The third-order valence-corrected chi connectivity index (χ3v) is 2.97. The van der Waals surface area contributed by atoms with Gasteiger partial charge in [-0.15, -0.1) is 0 Å². The quantitative estimate of drug-likeness (QED) is 0.875. The molecule has 1 N–H and O–H groups in total. The van der Waals surface area contributed by atoms with Gasteiger partial charge in [0.05, 0.1) is 11.6 Å². The fourth-order valence-corrected chi connectivity index (χ4v) is 1.79. The van der Waals surface area contributed by atoms with Gasteiger partial charge in [-0.25, -0.2) is 4.98 Å². The number of nitrogens with one attached hydrogen (secondary N) is 1. The molecule has 2 aromatic rings. The Morgan fingerprint density at radius 3 is 2.63 bits per heavy atom. The molecular weight excluding hydrogens is 267 g/mol. The summed E-state index contributed by atoms with van der Waals surface area (Å²) in [6.07, 6.45) is 1.30. The van der Waals surface area contributed by atoms with Gasteiger partial charge in [0.2, 0.25) is 5.95 Å². The standard InChI is InChI=1S/C14H12ClFN2O/c1-9(10-4-6-11(15)7-5-10)18-14(19)12-3-2-8-17-13(12)16/h2-9H,1H3,(H,18,19). The first-order valence-corrected chi connectivity index (χ1v) is 6.12. The molecule has 0 saturated carbocycles. The molecule has 0 radical (unpaired) electrons. The van der Waals surface area contributed by atoms with Crippen LogP contribution in [-0.4, -0.2) is 10.9 Å². The highest BCUT2D eigenvalue weighted by Gasteiger charge is 2.15. The molecule has 2 rings (SSSR count). The zero-order valence-corrected chi connectivity index (χ0v) is 11.0. The number of halogens is 2. The number of nitrogens with zero attached hydrogens (tertiary/aromatic N) is 1. The molecule has 1 amide bonds. The summed E-state index contributed by atoms with van der Waals surface area (Å²) in [6, 6.07) is 9.77. The molecule has 1 unspecified atom stereocenters. The number of rotatable bonds is 3. The van der Waals surface area contributed by atoms with Crippen LogP contribution in [0.15, 0.2) is 42.6 Å². The van der Waals surface area contributed by atoms with Gasteiger partial charge in [-0.05, 0) is 36.8 Å². The average Bonchev–Trinajstić information content (AvgIpc) is 2.39. The molecule has 3 nitrogen and oxygen atoms in total. The summed E-state index contributed by atoms with van der Waals surface area (Å²) in [6.45, 7) is 1.81. The first-order chi connectivity index (χ1) is 9.08. The van der Waals surface area contributed by atoms with Crippen molar-refractivity contribution in [3.05, 3.63) is 64.7 Å². The van der Waals surface area contributed by atoms with Crippen LogP contribution in [0.5, 0.6) is 0 Å². The van der Waals surface area contributed by atoms with Crippen LogP contribution in [0.3, 0.4) is 0 Å². The molecule has 0 fully saturated rings. The molecule has 0 bridgehead atoms. The Morgan fingerprint density at radius 1 is 1.32 bits per heavy atom. The van der Waals surface area contributed by atoms with Gasteiger partial charge in [-0.1, -0.05) is 23.7 Å². The Hall–Kier alpha value is -1.94. The number of aromatic nitrogens is 1. The minimum atomic E-state index is -0.775. The fourth-order valence-electron chi connectivity index (χ4n) is 1.66. The SMILES string of the molecule is CC(NC(=O)c1cccnc1F)c1ccc(Cl)cc1. The maximum Gasteiger partial charge on any atom is 0.256 e. The smallest absolute Gasteiger partial charge is 0.256 e. The summed E-state index contributed by atoms with van der Waals surface area (Å²) in [7, 11) is 0. The zero-order chi connectivity index (χ0) is 13.8. The summed E-state index contributed by atoms with van der Waals surface area (Å²) in [5.41, 5.74) is 0.824. The highest BCUT2D eigenvalue weighted by molar-refractivity contribution is 6.30. The van der Waals surface area contributed by atoms with Crippen LogP contribution in [0.4, 0.5) is 4.39 Å². The van der Waals surface area contributed by atoms with Gasteiger partial charge in [0.25, 0.3) is 5.91 Å². The van der Waals surface area contributed by atoms with Gasteiger partial charge in [0, 0.05) is 11.2 Å². The Kier molecular flexibility index (Phi) is 4.12. The van der Waals surface area contributed by atoms with Crippen molar-refractivity contribution < 1.29 is 9.18 Å². The molecule has 19 heavy (non-hydrogen) atoms.